The number of oxime groups is 1. The fourth-order valence-corrected chi connectivity index (χ4v) is 3.96. The van der Waals surface area contributed by atoms with Gasteiger partial charge in [0.1, 0.15) is 5.82 Å². The van der Waals surface area contributed by atoms with Gasteiger partial charge in [0.05, 0.1) is 26.5 Å². The molecule has 4 rings (SSSR count). The topological polar surface area (TPSA) is 60.4 Å². The third-order valence-corrected chi connectivity index (χ3v) is 5.90. The van der Waals surface area contributed by atoms with E-state index in [1.54, 1.807) is 25.2 Å². The molecule has 2 aliphatic rings. The Morgan fingerprint density at radius 3 is 2.65 bits per heavy atom. The molecular weight excluding hydrogens is 399 g/mol. The van der Waals surface area contributed by atoms with Crippen molar-refractivity contribution in [3.63, 3.8) is 0 Å². The third-order valence-electron chi connectivity index (χ3n) is 5.90. The molecular formula is C24H27FN2O4. The van der Waals surface area contributed by atoms with E-state index < -0.39 is 0 Å². The van der Waals surface area contributed by atoms with Gasteiger partial charge in [0.15, 0.2) is 17.6 Å². The molecule has 1 aliphatic heterocycles. The van der Waals surface area contributed by atoms with E-state index in [9.17, 15) is 9.18 Å². The summed E-state index contributed by atoms with van der Waals surface area (Å²) in [4.78, 5) is 20.5. The monoisotopic (exact) mass is 426 g/mol. The molecule has 0 aromatic heterocycles. The van der Waals surface area contributed by atoms with Crippen molar-refractivity contribution in [3.8, 4) is 11.5 Å². The number of hydrogen-bond acceptors (Lipinski definition) is 5. The zero-order chi connectivity index (χ0) is 21.8. The van der Waals surface area contributed by atoms with E-state index in [1.165, 1.54) is 12.1 Å². The number of benzene rings is 2. The second-order valence-electron chi connectivity index (χ2n) is 8.02. The molecule has 7 heteroatoms. The van der Waals surface area contributed by atoms with Crippen LogP contribution in [0, 0.1) is 11.7 Å². The largest absolute Gasteiger partial charge is 0.493 e. The number of amides is 1. The van der Waals surface area contributed by atoms with Crippen molar-refractivity contribution >= 4 is 11.6 Å². The Morgan fingerprint density at radius 2 is 1.97 bits per heavy atom. The molecule has 0 saturated heterocycles. The van der Waals surface area contributed by atoms with Crippen LogP contribution in [0.2, 0.25) is 0 Å². The molecule has 2 aromatic rings. The lowest BCUT2D eigenvalue weighted by atomic mass is 9.84. The summed E-state index contributed by atoms with van der Waals surface area (Å²) in [6, 6.07) is 12.0. The lowest BCUT2D eigenvalue weighted by molar-refractivity contribution is -0.140. The summed E-state index contributed by atoms with van der Waals surface area (Å²) in [6.07, 6.45) is 3.24. The van der Waals surface area contributed by atoms with Crippen molar-refractivity contribution in [2.75, 3.05) is 20.8 Å². The molecule has 6 nitrogen and oxygen atoms in total. The van der Waals surface area contributed by atoms with Gasteiger partial charge in [0, 0.05) is 24.4 Å². The third kappa shape index (κ3) is 4.81. The van der Waals surface area contributed by atoms with Gasteiger partial charge in [-0.2, -0.15) is 0 Å². The number of halogens is 1. The molecule has 0 bridgehead atoms. The second-order valence-corrected chi connectivity index (χ2v) is 8.02. The van der Waals surface area contributed by atoms with Crippen LogP contribution < -0.4 is 9.47 Å². The molecule has 1 amide bonds. The zero-order valence-electron chi connectivity index (χ0n) is 17.8. The van der Waals surface area contributed by atoms with Crippen molar-refractivity contribution < 1.29 is 23.5 Å². The van der Waals surface area contributed by atoms with Gasteiger partial charge >= 0.3 is 0 Å². The molecule has 0 radical (unpaired) electrons. The lowest BCUT2D eigenvalue weighted by Gasteiger charge is -2.32. The number of methoxy groups -OCH3 is 2. The van der Waals surface area contributed by atoms with Crippen molar-refractivity contribution in [1.82, 2.24) is 4.90 Å². The zero-order valence-corrected chi connectivity index (χ0v) is 17.8. The molecule has 0 N–H and O–H groups in total. The van der Waals surface area contributed by atoms with Gasteiger partial charge in [-0.25, -0.2) is 4.39 Å². The molecule has 164 valence electrons. The Morgan fingerprint density at radius 1 is 1.16 bits per heavy atom. The fourth-order valence-electron chi connectivity index (χ4n) is 3.96. The first-order valence-electron chi connectivity index (χ1n) is 10.6. The van der Waals surface area contributed by atoms with Crippen molar-refractivity contribution in [1.29, 1.82) is 0 Å². The summed E-state index contributed by atoms with van der Waals surface area (Å²) in [7, 11) is 3.18. The van der Waals surface area contributed by atoms with Crippen LogP contribution in [0.3, 0.4) is 0 Å². The minimum Gasteiger partial charge on any atom is -0.493 e. The van der Waals surface area contributed by atoms with Crippen molar-refractivity contribution in [2.24, 2.45) is 11.1 Å². The Bertz CT molecular complexity index is 974. The maximum Gasteiger partial charge on any atom is 0.226 e. The van der Waals surface area contributed by atoms with Crippen molar-refractivity contribution in [2.45, 2.75) is 38.3 Å². The van der Waals surface area contributed by atoms with Gasteiger partial charge in [-0.1, -0.05) is 23.7 Å². The summed E-state index contributed by atoms with van der Waals surface area (Å²) in [5.74, 6) is 1.14. The van der Waals surface area contributed by atoms with E-state index in [-0.39, 0.29) is 23.7 Å². The molecule has 1 aliphatic carbocycles. The van der Waals surface area contributed by atoms with Crippen LogP contribution in [0.25, 0.3) is 0 Å². The van der Waals surface area contributed by atoms with Gasteiger partial charge in [0.25, 0.3) is 0 Å². The number of nitrogens with zero attached hydrogens (tertiary/aromatic N) is 2. The molecule has 1 heterocycles. The standard InChI is InChI=1S/C24H27FN2O4/c1-29-22-10-9-18(12-23(22)30-2)21-13-20(31-26-21)15-27(24(28)17-6-4-7-17)14-16-5-3-8-19(25)11-16/h3,5,8-12,17,20H,4,6-7,13-15H2,1-2H3/t20-/m1/s1. The summed E-state index contributed by atoms with van der Waals surface area (Å²) in [5.41, 5.74) is 2.46. The quantitative estimate of drug-likeness (QED) is 0.636. The Labute approximate surface area is 181 Å². The van der Waals surface area contributed by atoms with Gasteiger partial charge in [-0.15, -0.1) is 0 Å². The van der Waals surface area contributed by atoms with Gasteiger partial charge in [0.2, 0.25) is 5.91 Å². The Balaban J connectivity index is 1.45. The van der Waals surface area contributed by atoms with E-state index in [1.807, 2.05) is 24.3 Å². The molecule has 2 aromatic carbocycles. The normalized spacial score (nSPS) is 18.0. The summed E-state index contributed by atoms with van der Waals surface area (Å²) in [5, 5.41) is 4.25. The van der Waals surface area contributed by atoms with Crippen LogP contribution in [0.5, 0.6) is 11.5 Å². The highest BCUT2D eigenvalue weighted by atomic mass is 19.1. The SMILES string of the molecule is COc1ccc(C2=NO[C@@H](CN(Cc3cccc(F)c3)C(=O)C3CCC3)C2)cc1OC. The van der Waals surface area contributed by atoms with Crippen LogP contribution in [0.4, 0.5) is 4.39 Å². The molecule has 0 spiro atoms. The van der Waals surface area contributed by atoms with E-state index >= 15 is 0 Å². The summed E-state index contributed by atoms with van der Waals surface area (Å²) < 4.78 is 24.3. The average molecular weight is 426 g/mol. The molecule has 0 unspecified atom stereocenters. The number of carbonyl (C=O) groups is 1. The Kier molecular flexibility index (Phi) is 6.39. The van der Waals surface area contributed by atoms with E-state index in [4.69, 9.17) is 14.3 Å². The smallest absolute Gasteiger partial charge is 0.226 e. The lowest BCUT2D eigenvalue weighted by Crippen LogP contribution is -2.42. The minimum absolute atomic E-state index is 0.0567. The summed E-state index contributed by atoms with van der Waals surface area (Å²) in [6.45, 7) is 0.769. The summed E-state index contributed by atoms with van der Waals surface area (Å²) >= 11 is 0. The second kappa shape index (κ2) is 9.37. The predicted molar refractivity (Wildman–Crippen MR) is 115 cm³/mol. The number of ether oxygens (including phenoxy) is 2. The molecule has 31 heavy (non-hydrogen) atoms. The Hall–Kier alpha value is -3.09. The average Bonchev–Trinajstić information content (AvgIpc) is 3.20. The predicted octanol–water partition coefficient (Wildman–Crippen LogP) is 4.16. The first-order chi connectivity index (χ1) is 15.1. The fraction of sp³-hybridized carbons (Fsp3) is 0.417. The highest BCUT2D eigenvalue weighted by Crippen LogP contribution is 2.31. The van der Waals surface area contributed by atoms with Crippen LogP contribution in [0.15, 0.2) is 47.6 Å². The first kappa shape index (κ1) is 21.2. The van der Waals surface area contributed by atoms with E-state index in [0.29, 0.717) is 31.0 Å². The number of hydrogen-bond donors (Lipinski definition) is 0. The highest BCUT2D eigenvalue weighted by molar-refractivity contribution is 6.01. The van der Waals surface area contributed by atoms with Gasteiger partial charge < -0.3 is 19.2 Å². The van der Waals surface area contributed by atoms with Crippen molar-refractivity contribution in [3.05, 3.63) is 59.4 Å². The highest BCUT2D eigenvalue weighted by Gasteiger charge is 2.33. The maximum atomic E-state index is 13.6. The van der Waals surface area contributed by atoms with Gasteiger partial charge in [-0.05, 0) is 48.7 Å². The maximum absolute atomic E-state index is 13.6. The molecule has 1 saturated carbocycles. The molecule has 1 atom stereocenters. The van der Waals surface area contributed by atoms with Crippen LogP contribution in [0.1, 0.15) is 36.8 Å². The van der Waals surface area contributed by atoms with E-state index in [2.05, 4.69) is 5.16 Å². The first-order valence-corrected chi connectivity index (χ1v) is 10.6. The molecule has 1 fully saturated rings. The number of carbonyl (C=O) groups excluding carboxylic acids is 1. The van der Waals surface area contributed by atoms with Crippen LogP contribution in [-0.2, 0) is 16.2 Å². The van der Waals surface area contributed by atoms with Crippen LogP contribution in [-0.4, -0.2) is 43.4 Å². The van der Waals surface area contributed by atoms with E-state index in [0.717, 1.165) is 36.1 Å². The van der Waals surface area contributed by atoms with Crippen LogP contribution >= 0.6 is 0 Å². The number of rotatable bonds is 8. The van der Waals surface area contributed by atoms with Gasteiger partial charge in [-0.3, -0.25) is 4.79 Å². The minimum atomic E-state index is -0.301.